The van der Waals surface area contributed by atoms with Gasteiger partial charge in [-0.05, 0) is 24.1 Å². The molecule has 2 unspecified atom stereocenters. The van der Waals surface area contributed by atoms with Gasteiger partial charge < -0.3 is 20.1 Å². The molecule has 0 aromatic heterocycles. The Balaban J connectivity index is 1.24. The molecule has 0 bridgehead atoms. The van der Waals surface area contributed by atoms with Gasteiger partial charge in [0.1, 0.15) is 12.7 Å². The molecule has 1 fully saturated rings. The Kier molecular flexibility index (Phi) is 5.78. The lowest BCUT2D eigenvalue weighted by atomic mass is 10.1. The number of nitrogens with zero attached hydrogens (tertiary/aromatic N) is 2. The van der Waals surface area contributed by atoms with E-state index in [1.54, 1.807) is 0 Å². The Morgan fingerprint density at radius 3 is 2.43 bits per heavy atom. The molecule has 28 heavy (non-hydrogen) atoms. The van der Waals surface area contributed by atoms with E-state index in [1.165, 1.54) is 0 Å². The van der Waals surface area contributed by atoms with Gasteiger partial charge in [0.15, 0.2) is 11.5 Å². The first kappa shape index (κ1) is 18.8. The van der Waals surface area contributed by atoms with Gasteiger partial charge in [0.2, 0.25) is 5.91 Å². The monoisotopic (exact) mass is 381 g/mol. The molecule has 4 rings (SSSR count). The van der Waals surface area contributed by atoms with Crippen LogP contribution in [-0.2, 0) is 11.2 Å². The minimum Gasteiger partial charge on any atom is -0.486 e. The Labute approximate surface area is 165 Å². The second-order valence-corrected chi connectivity index (χ2v) is 7.42. The maximum atomic E-state index is 12.7. The number of amides is 1. The van der Waals surface area contributed by atoms with E-state index in [1.807, 2.05) is 59.5 Å². The summed E-state index contributed by atoms with van der Waals surface area (Å²) < 4.78 is 11.8. The molecule has 2 aliphatic rings. The van der Waals surface area contributed by atoms with Crippen LogP contribution >= 0.6 is 0 Å². The van der Waals surface area contributed by atoms with E-state index >= 15 is 0 Å². The van der Waals surface area contributed by atoms with Gasteiger partial charge in [-0.3, -0.25) is 9.69 Å². The number of piperazine rings is 1. The quantitative estimate of drug-likeness (QED) is 0.851. The zero-order chi connectivity index (χ0) is 19.3. The number of para-hydroxylation sites is 2. The van der Waals surface area contributed by atoms with Crippen molar-refractivity contribution in [3.63, 3.8) is 0 Å². The number of benzene rings is 2. The number of hydrogen-bond donors (Lipinski definition) is 1. The van der Waals surface area contributed by atoms with Crippen LogP contribution in [0.15, 0.2) is 54.6 Å². The Morgan fingerprint density at radius 1 is 1.00 bits per heavy atom. The highest BCUT2D eigenvalue weighted by Gasteiger charge is 2.28. The van der Waals surface area contributed by atoms with Crippen LogP contribution in [0, 0.1) is 0 Å². The molecular formula is C22H27N3O3. The standard InChI is InChI=1S/C22H27N3O3/c23-19(14-17-6-2-1-3-7-17)22(26)25-12-10-24(11-13-25)15-18-16-27-20-8-4-5-9-21(20)28-18/h1-9,18-19H,10-16,23H2. The lowest BCUT2D eigenvalue weighted by Gasteiger charge is -2.38. The van der Waals surface area contributed by atoms with Crippen molar-refractivity contribution in [3.8, 4) is 11.5 Å². The summed E-state index contributed by atoms with van der Waals surface area (Å²) in [5, 5.41) is 0. The van der Waals surface area contributed by atoms with E-state index in [0.29, 0.717) is 26.1 Å². The van der Waals surface area contributed by atoms with Gasteiger partial charge in [-0.25, -0.2) is 0 Å². The maximum absolute atomic E-state index is 12.7. The van der Waals surface area contributed by atoms with Crippen molar-refractivity contribution in [1.29, 1.82) is 0 Å². The first-order chi connectivity index (χ1) is 13.7. The van der Waals surface area contributed by atoms with Gasteiger partial charge in [0.25, 0.3) is 0 Å². The summed E-state index contributed by atoms with van der Waals surface area (Å²) >= 11 is 0. The number of carbonyl (C=O) groups excluding carboxylic acids is 1. The molecule has 148 valence electrons. The van der Waals surface area contributed by atoms with Crippen molar-refractivity contribution in [2.24, 2.45) is 5.73 Å². The van der Waals surface area contributed by atoms with Gasteiger partial charge in [-0.2, -0.15) is 0 Å². The zero-order valence-electron chi connectivity index (χ0n) is 16.0. The van der Waals surface area contributed by atoms with Crippen LogP contribution in [0.5, 0.6) is 11.5 Å². The normalized spacial score (nSPS) is 20.6. The fourth-order valence-corrected chi connectivity index (χ4v) is 3.78. The number of ether oxygens (including phenoxy) is 2. The van der Waals surface area contributed by atoms with E-state index in [0.717, 1.165) is 36.7 Å². The van der Waals surface area contributed by atoms with Crippen molar-refractivity contribution >= 4 is 5.91 Å². The molecule has 0 saturated carbocycles. The fourth-order valence-electron chi connectivity index (χ4n) is 3.78. The third-order valence-corrected chi connectivity index (χ3v) is 5.33. The molecule has 6 nitrogen and oxygen atoms in total. The average Bonchev–Trinajstić information content (AvgIpc) is 2.74. The fraction of sp³-hybridized carbons (Fsp3) is 0.409. The topological polar surface area (TPSA) is 68.0 Å². The van der Waals surface area contributed by atoms with Crippen LogP contribution in [0.2, 0.25) is 0 Å². The molecule has 0 spiro atoms. The predicted octanol–water partition coefficient (Wildman–Crippen LogP) is 1.54. The summed E-state index contributed by atoms with van der Waals surface area (Å²) in [5.41, 5.74) is 7.26. The second-order valence-electron chi connectivity index (χ2n) is 7.42. The van der Waals surface area contributed by atoms with E-state index in [9.17, 15) is 4.79 Å². The highest BCUT2D eigenvalue weighted by molar-refractivity contribution is 5.82. The molecule has 2 aliphatic heterocycles. The lowest BCUT2D eigenvalue weighted by Crippen LogP contribution is -2.55. The number of fused-ring (bicyclic) bond motifs is 1. The number of nitrogens with two attached hydrogens (primary N) is 1. The molecule has 2 N–H and O–H groups in total. The smallest absolute Gasteiger partial charge is 0.239 e. The molecule has 1 saturated heterocycles. The Morgan fingerprint density at radius 2 is 1.68 bits per heavy atom. The van der Waals surface area contributed by atoms with E-state index < -0.39 is 6.04 Å². The molecule has 2 heterocycles. The molecule has 0 radical (unpaired) electrons. The first-order valence-electron chi connectivity index (χ1n) is 9.88. The van der Waals surface area contributed by atoms with Crippen molar-refractivity contribution in [1.82, 2.24) is 9.80 Å². The third-order valence-electron chi connectivity index (χ3n) is 5.33. The van der Waals surface area contributed by atoms with Gasteiger partial charge in [-0.15, -0.1) is 0 Å². The first-order valence-corrected chi connectivity index (χ1v) is 9.88. The van der Waals surface area contributed by atoms with E-state index in [4.69, 9.17) is 15.2 Å². The SMILES string of the molecule is NC(Cc1ccccc1)C(=O)N1CCN(CC2COc3ccccc3O2)CC1. The summed E-state index contributed by atoms with van der Waals surface area (Å²) in [6.07, 6.45) is 0.588. The lowest BCUT2D eigenvalue weighted by molar-refractivity contribution is -0.134. The summed E-state index contributed by atoms with van der Waals surface area (Å²) in [6.45, 7) is 4.40. The van der Waals surface area contributed by atoms with Crippen LogP contribution in [-0.4, -0.2) is 67.2 Å². The van der Waals surface area contributed by atoms with E-state index in [-0.39, 0.29) is 12.0 Å². The van der Waals surface area contributed by atoms with Crippen molar-refractivity contribution in [2.45, 2.75) is 18.6 Å². The number of hydrogen-bond acceptors (Lipinski definition) is 5. The third kappa shape index (κ3) is 4.46. The van der Waals surface area contributed by atoms with Crippen LogP contribution < -0.4 is 15.2 Å². The summed E-state index contributed by atoms with van der Waals surface area (Å²) in [5.74, 6) is 1.65. The van der Waals surface area contributed by atoms with E-state index in [2.05, 4.69) is 4.90 Å². The molecule has 2 aromatic rings. The van der Waals surface area contributed by atoms with Gasteiger partial charge in [-0.1, -0.05) is 42.5 Å². The van der Waals surface area contributed by atoms with Crippen LogP contribution in [0.25, 0.3) is 0 Å². The highest BCUT2D eigenvalue weighted by Crippen LogP contribution is 2.31. The van der Waals surface area contributed by atoms with Crippen LogP contribution in [0.4, 0.5) is 0 Å². The summed E-state index contributed by atoms with van der Waals surface area (Å²) in [7, 11) is 0. The zero-order valence-corrected chi connectivity index (χ0v) is 16.0. The second kappa shape index (κ2) is 8.63. The number of carbonyl (C=O) groups is 1. The van der Waals surface area contributed by atoms with Gasteiger partial charge in [0.05, 0.1) is 6.04 Å². The molecular weight excluding hydrogens is 354 g/mol. The molecule has 2 aromatic carbocycles. The molecule has 2 atom stereocenters. The molecule has 0 aliphatic carbocycles. The predicted molar refractivity (Wildman–Crippen MR) is 107 cm³/mol. The number of rotatable bonds is 5. The summed E-state index contributed by atoms with van der Waals surface area (Å²) in [6, 6.07) is 17.2. The van der Waals surface area contributed by atoms with Gasteiger partial charge in [0, 0.05) is 32.7 Å². The molecule has 6 heteroatoms. The summed E-state index contributed by atoms with van der Waals surface area (Å²) in [4.78, 5) is 16.9. The van der Waals surface area contributed by atoms with Crippen LogP contribution in [0.3, 0.4) is 0 Å². The average molecular weight is 381 g/mol. The Bertz CT molecular complexity index is 791. The Hall–Kier alpha value is -2.57. The minimum atomic E-state index is -0.486. The van der Waals surface area contributed by atoms with Crippen molar-refractivity contribution < 1.29 is 14.3 Å². The van der Waals surface area contributed by atoms with Crippen molar-refractivity contribution in [2.75, 3.05) is 39.3 Å². The van der Waals surface area contributed by atoms with Gasteiger partial charge >= 0.3 is 0 Å². The largest absolute Gasteiger partial charge is 0.486 e. The minimum absolute atomic E-state index is 0.0116. The highest BCUT2D eigenvalue weighted by atomic mass is 16.6. The molecule has 1 amide bonds. The van der Waals surface area contributed by atoms with Crippen molar-refractivity contribution in [3.05, 3.63) is 60.2 Å². The maximum Gasteiger partial charge on any atom is 0.239 e. The van der Waals surface area contributed by atoms with Crippen LogP contribution in [0.1, 0.15) is 5.56 Å².